The summed E-state index contributed by atoms with van der Waals surface area (Å²) in [6, 6.07) is 0.0635. The average Bonchev–Trinajstić information content (AvgIpc) is 2.53. The molecule has 1 aliphatic carbocycles. The van der Waals surface area contributed by atoms with Crippen molar-refractivity contribution in [2.45, 2.75) is 65.1 Å². The van der Waals surface area contributed by atoms with Gasteiger partial charge in [0.15, 0.2) is 0 Å². The summed E-state index contributed by atoms with van der Waals surface area (Å²) in [7, 11) is 0. The summed E-state index contributed by atoms with van der Waals surface area (Å²) >= 11 is 0. The molecule has 0 radical (unpaired) electrons. The van der Waals surface area contributed by atoms with Crippen LogP contribution in [0.4, 0.5) is 0 Å². The van der Waals surface area contributed by atoms with E-state index in [4.69, 9.17) is 0 Å². The van der Waals surface area contributed by atoms with Gasteiger partial charge in [-0.2, -0.15) is 0 Å². The van der Waals surface area contributed by atoms with Crippen molar-refractivity contribution < 1.29 is 4.79 Å². The first-order valence-corrected chi connectivity index (χ1v) is 6.66. The summed E-state index contributed by atoms with van der Waals surface area (Å²) in [5, 5.41) is 3.44. The van der Waals surface area contributed by atoms with Gasteiger partial charge in [0.25, 0.3) is 0 Å². The standard InChI is InChI=1S/C13H24N2O/c1-4-10-12(16)15(11(5-2)14-10)9-13(3)7-6-8-13/h10-11,14H,4-9H2,1-3H3. The molecule has 1 saturated carbocycles. The van der Waals surface area contributed by atoms with E-state index in [1.807, 2.05) is 0 Å². The van der Waals surface area contributed by atoms with Crippen LogP contribution in [-0.4, -0.2) is 29.6 Å². The number of nitrogens with one attached hydrogen (secondary N) is 1. The van der Waals surface area contributed by atoms with Crippen LogP contribution in [0.1, 0.15) is 52.9 Å². The minimum absolute atomic E-state index is 0.0635. The first-order valence-electron chi connectivity index (χ1n) is 6.66. The van der Waals surface area contributed by atoms with Gasteiger partial charge < -0.3 is 4.90 Å². The van der Waals surface area contributed by atoms with Crippen LogP contribution in [0.25, 0.3) is 0 Å². The molecule has 1 amide bonds. The molecule has 1 N–H and O–H groups in total. The molecule has 2 aliphatic rings. The molecule has 1 saturated heterocycles. The number of hydrogen-bond donors (Lipinski definition) is 1. The SMILES string of the molecule is CCC1NC(CC)N(CC2(C)CCC2)C1=O. The van der Waals surface area contributed by atoms with Crippen LogP contribution in [0, 0.1) is 5.41 Å². The fraction of sp³-hybridized carbons (Fsp3) is 0.923. The number of hydrogen-bond acceptors (Lipinski definition) is 2. The molecule has 1 heterocycles. The van der Waals surface area contributed by atoms with E-state index in [0.717, 1.165) is 19.4 Å². The fourth-order valence-electron chi connectivity index (χ4n) is 2.92. The van der Waals surface area contributed by atoms with Gasteiger partial charge in [0.2, 0.25) is 5.91 Å². The molecule has 0 aromatic carbocycles. The normalized spacial score (nSPS) is 32.9. The Labute approximate surface area is 98.6 Å². The van der Waals surface area contributed by atoms with Crippen LogP contribution in [0.5, 0.6) is 0 Å². The maximum atomic E-state index is 12.2. The molecule has 16 heavy (non-hydrogen) atoms. The van der Waals surface area contributed by atoms with Crippen molar-refractivity contribution >= 4 is 5.91 Å². The van der Waals surface area contributed by atoms with Gasteiger partial charge in [-0.15, -0.1) is 0 Å². The Bertz CT molecular complexity index is 273. The molecule has 1 aliphatic heterocycles. The summed E-state index contributed by atoms with van der Waals surface area (Å²) in [5.41, 5.74) is 0.396. The molecule has 0 spiro atoms. The van der Waals surface area contributed by atoms with Gasteiger partial charge in [-0.25, -0.2) is 0 Å². The smallest absolute Gasteiger partial charge is 0.241 e. The first-order chi connectivity index (χ1) is 7.59. The monoisotopic (exact) mass is 224 g/mol. The van der Waals surface area contributed by atoms with E-state index in [9.17, 15) is 4.79 Å². The van der Waals surface area contributed by atoms with Crippen LogP contribution in [0.3, 0.4) is 0 Å². The zero-order valence-corrected chi connectivity index (χ0v) is 10.8. The lowest BCUT2D eigenvalue weighted by molar-refractivity contribution is -0.132. The third-order valence-corrected chi connectivity index (χ3v) is 4.26. The molecule has 3 heteroatoms. The van der Waals surface area contributed by atoms with E-state index in [1.165, 1.54) is 19.3 Å². The van der Waals surface area contributed by atoms with Crippen molar-refractivity contribution in [3.8, 4) is 0 Å². The molecule has 2 rings (SSSR count). The summed E-state index contributed by atoms with van der Waals surface area (Å²) in [6.07, 6.45) is 6.09. The highest BCUT2D eigenvalue weighted by molar-refractivity contribution is 5.84. The highest BCUT2D eigenvalue weighted by Gasteiger charge is 2.42. The van der Waals surface area contributed by atoms with Gasteiger partial charge in [-0.1, -0.05) is 27.2 Å². The first kappa shape index (κ1) is 11.9. The third-order valence-electron chi connectivity index (χ3n) is 4.26. The van der Waals surface area contributed by atoms with Gasteiger partial charge in [0, 0.05) is 6.54 Å². The minimum Gasteiger partial charge on any atom is -0.325 e. The molecule has 2 atom stereocenters. The molecule has 0 aromatic heterocycles. The van der Waals surface area contributed by atoms with Gasteiger partial charge in [0.05, 0.1) is 12.2 Å². The van der Waals surface area contributed by atoms with Crippen molar-refractivity contribution in [1.82, 2.24) is 10.2 Å². The lowest BCUT2D eigenvalue weighted by atomic mass is 9.70. The molecule has 0 aromatic rings. The van der Waals surface area contributed by atoms with Crippen LogP contribution in [0.15, 0.2) is 0 Å². The highest BCUT2D eigenvalue weighted by Crippen LogP contribution is 2.41. The molecule has 2 fully saturated rings. The zero-order chi connectivity index (χ0) is 11.8. The summed E-state index contributed by atoms with van der Waals surface area (Å²) in [4.78, 5) is 14.3. The maximum Gasteiger partial charge on any atom is 0.241 e. The molecule has 3 nitrogen and oxygen atoms in total. The second-order valence-corrected chi connectivity index (χ2v) is 5.68. The fourth-order valence-corrected chi connectivity index (χ4v) is 2.92. The average molecular weight is 224 g/mol. The highest BCUT2D eigenvalue weighted by atomic mass is 16.2. The zero-order valence-electron chi connectivity index (χ0n) is 10.8. The molecule has 0 bridgehead atoms. The van der Waals surface area contributed by atoms with Crippen molar-refractivity contribution in [3.63, 3.8) is 0 Å². The summed E-state index contributed by atoms with van der Waals surface area (Å²) < 4.78 is 0. The topological polar surface area (TPSA) is 32.3 Å². The van der Waals surface area contributed by atoms with Gasteiger partial charge >= 0.3 is 0 Å². The Morgan fingerprint density at radius 2 is 2.06 bits per heavy atom. The van der Waals surface area contributed by atoms with Gasteiger partial charge in [-0.3, -0.25) is 10.1 Å². The van der Waals surface area contributed by atoms with Gasteiger partial charge in [0.1, 0.15) is 0 Å². The third kappa shape index (κ3) is 1.97. The largest absolute Gasteiger partial charge is 0.325 e. The van der Waals surface area contributed by atoms with E-state index in [0.29, 0.717) is 11.3 Å². The second-order valence-electron chi connectivity index (χ2n) is 5.68. The van der Waals surface area contributed by atoms with Crippen molar-refractivity contribution in [1.29, 1.82) is 0 Å². The Kier molecular flexibility index (Phi) is 3.24. The van der Waals surface area contributed by atoms with Crippen LogP contribution >= 0.6 is 0 Å². The molecular weight excluding hydrogens is 200 g/mol. The molecule has 2 unspecified atom stereocenters. The van der Waals surface area contributed by atoms with Crippen LogP contribution in [0.2, 0.25) is 0 Å². The predicted molar refractivity (Wildman–Crippen MR) is 65.0 cm³/mol. The minimum atomic E-state index is 0.0635. The maximum absolute atomic E-state index is 12.2. The Morgan fingerprint density at radius 3 is 2.50 bits per heavy atom. The summed E-state index contributed by atoms with van der Waals surface area (Å²) in [6.45, 7) is 7.50. The quantitative estimate of drug-likeness (QED) is 0.793. The van der Waals surface area contributed by atoms with Crippen molar-refractivity contribution in [3.05, 3.63) is 0 Å². The molecule has 92 valence electrons. The Balaban J connectivity index is 2.03. The van der Waals surface area contributed by atoms with E-state index in [-0.39, 0.29) is 12.2 Å². The van der Waals surface area contributed by atoms with Gasteiger partial charge in [-0.05, 0) is 31.1 Å². The second kappa shape index (κ2) is 4.36. The van der Waals surface area contributed by atoms with Crippen LogP contribution in [-0.2, 0) is 4.79 Å². The van der Waals surface area contributed by atoms with E-state index < -0.39 is 0 Å². The van der Waals surface area contributed by atoms with E-state index >= 15 is 0 Å². The lowest BCUT2D eigenvalue weighted by Crippen LogP contribution is -2.46. The molecular formula is C13H24N2O. The Hall–Kier alpha value is -0.570. The van der Waals surface area contributed by atoms with E-state index in [2.05, 4.69) is 31.0 Å². The number of carbonyl (C=O) groups excluding carboxylic acids is 1. The number of carbonyl (C=O) groups is 1. The van der Waals surface area contributed by atoms with Crippen LogP contribution < -0.4 is 5.32 Å². The lowest BCUT2D eigenvalue weighted by Gasteiger charge is -2.42. The van der Waals surface area contributed by atoms with Crippen molar-refractivity contribution in [2.24, 2.45) is 5.41 Å². The number of amides is 1. The van der Waals surface area contributed by atoms with Crippen molar-refractivity contribution in [2.75, 3.05) is 6.54 Å². The van der Waals surface area contributed by atoms with E-state index in [1.54, 1.807) is 0 Å². The predicted octanol–water partition coefficient (Wildman–Crippen LogP) is 2.12. The Morgan fingerprint density at radius 1 is 1.38 bits per heavy atom. The summed E-state index contributed by atoms with van der Waals surface area (Å²) in [5.74, 6) is 0.322. The number of rotatable bonds is 4. The number of nitrogens with zero attached hydrogens (tertiary/aromatic N) is 1.